The van der Waals surface area contributed by atoms with Crippen LogP contribution in [0.5, 0.6) is 0 Å². The van der Waals surface area contributed by atoms with Gasteiger partial charge >= 0.3 is 5.97 Å². The maximum absolute atomic E-state index is 12.4. The molecule has 1 unspecified atom stereocenters. The van der Waals surface area contributed by atoms with Crippen molar-refractivity contribution in [3.05, 3.63) is 35.9 Å². The summed E-state index contributed by atoms with van der Waals surface area (Å²) in [4.78, 5) is 23.7. The molecule has 0 aromatic heterocycles. The molecule has 0 spiro atoms. The Morgan fingerprint density at radius 1 is 1.30 bits per heavy atom. The van der Waals surface area contributed by atoms with E-state index in [4.69, 9.17) is 0 Å². The van der Waals surface area contributed by atoms with Crippen molar-refractivity contribution in [1.82, 2.24) is 5.32 Å². The van der Waals surface area contributed by atoms with E-state index >= 15 is 0 Å². The number of benzene rings is 1. The number of carbonyl (C=O) groups excluding carboxylic acids is 1. The molecule has 1 aliphatic rings. The Labute approximate surface area is 119 Å². The highest BCUT2D eigenvalue weighted by molar-refractivity contribution is 5.91. The average Bonchev–Trinajstić information content (AvgIpc) is 3.27. The first-order chi connectivity index (χ1) is 9.44. The Balaban J connectivity index is 2.05. The highest BCUT2D eigenvalue weighted by Gasteiger charge is 2.51. The topological polar surface area (TPSA) is 66.4 Å². The molecule has 2 N–H and O–H groups in total. The fraction of sp³-hybridized carbons (Fsp3) is 0.500. The van der Waals surface area contributed by atoms with Gasteiger partial charge in [0.1, 0.15) is 0 Å². The standard InChI is InChI=1S/C16H21NO3/c1-3-15(2,14(19)20)11-17-13(18)16(9-10-16)12-7-5-4-6-8-12/h4-8H,3,9-11H2,1-2H3,(H,17,18)(H,19,20). The van der Waals surface area contributed by atoms with E-state index in [1.807, 2.05) is 37.3 Å². The van der Waals surface area contributed by atoms with E-state index in [1.54, 1.807) is 6.92 Å². The van der Waals surface area contributed by atoms with E-state index in [1.165, 1.54) is 0 Å². The van der Waals surface area contributed by atoms with Gasteiger partial charge in [0.05, 0.1) is 10.8 Å². The molecule has 4 nitrogen and oxygen atoms in total. The summed E-state index contributed by atoms with van der Waals surface area (Å²) in [6, 6.07) is 9.70. The molecule has 1 atom stereocenters. The third kappa shape index (κ3) is 2.55. The van der Waals surface area contributed by atoms with Crippen LogP contribution in [0.2, 0.25) is 0 Å². The highest BCUT2D eigenvalue weighted by atomic mass is 16.4. The molecule has 1 amide bonds. The number of aliphatic carboxylic acids is 1. The van der Waals surface area contributed by atoms with Crippen molar-refractivity contribution in [2.24, 2.45) is 5.41 Å². The maximum atomic E-state index is 12.4. The molecule has 1 aromatic carbocycles. The van der Waals surface area contributed by atoms with Crippen LogP contribution in [0.15, 0.2) is 30.3 Å². The van der Waals surface area contributed by atoms with Crippen LogP contribution in [-0.4, -0.2) is 23.5 Å². The van der Waals surface area contributed by atoms with Crippen molar-refractivity contribution in [3.63, 3.8) is 0 Å². The van der Waals surface area contributed by atoms with E-state index < -0.39 is 16.8 Å². The van der Waals surface area contributed by atoms with Crippen molar-refractivity contribution in [1.29, 1.82) is 0 Å². The minimum Gasteiger partial charge on any atom is -0.481 e. The summed E-state index contributed by atoms with van der Waals surface area (Å²) < 4.78 is 0. The van der Waals surface area contributed by atoms with Crippen LogP contribution in [0.4, 0.5) is 0 Å². The van der Waals surface area contributed by atoms with Crippen LogP contribution in [0.25, 0.3) is 0 Å². The van der Waals surface area contributed by atoms with Crippen LogP contribution >= 0.6 is 0 Å². The molecule has 108 valence electrons. The van der Waals surface area contributed by atoms with E-state index in [0.29, 0.717) is 6.42 Å². The van der Waals surface area contributed by atoms with Gasteiger partial charge < -0.3 is 10.4 Å². The molecule has 1 saturated carbocycles. The SMILES string of the molecule is CCC(C)(CNC(=O)C1(c2ccccc2)CC1)C(=O)O. The Bertz CT molecular complexity index is 508. The predicted molar refractivity (Wildman–Crippen MR) is 76.4 cm³/mol. The van der Waals surface area contributed by atoms with Gasteiger partial charge in [0.2, 0.25) is 5.91 Å². The second-order valence-electron chi connectivity index (χ2n) is 5.85. The van der Waals surface area contributed by atoms with Crippen molar-refractivity contribution >= 4 is 11.9 Å². The van der Waals surface area contributed by atoms with Gasteiger partial charge in [0.15, 0.2) is 0 Å². The van der Waals surface area contributed by atoms with Crippen LogP contribution in [0.1, 0.15) is 38.7 Å². The molecule has 0 bridgehead atoms. The lowest BCUT2D eigenvalue weighted by Gasteiger charge is -2.25. The minimum absolute atomic E-state index is 0.0513. The first kappa shape index (κ1) is 14.6. The molecule has 1 aliphatic carbocycles. The molecule has 2 rings (SSSR count). The van der Waals surface area contributed by atoms with E-state index in [-0.39, 0.29) is 12.5 Å². The number of nitrogens with one attached hydrogen (secondary N) is 1. The monoisotopic (exact) mass is 275 g/mol. The van der Waals surface area contributed by atoms with Gasteiger partial charge in [-0.3, -0.25) is 9.59 Å². The van der Waals surface area contributed by atoms with Crippen molar-refractivity contribution in [2.45, 2.75) is 38.5 Å². The normalized spacial score (nSPS) is 18.9. The average molecular weight is 275 g/mol. The van der Waals surface area contributed by atoms with Crippen LogP contribution in [0.3, 0.4) is 0 Å². The molecule has 0 saturated heterocycles. The summed E-state index contributed by atoms with van der Waals surface area (Å²) in [7, 11) is 0. The highest BCUT2D eigenvalue weighted by Crippen LogP contribution is 2.48. The lowest BCUT2D eigenvalue weighted by molar-refractivity contribution is -0.148. The van der Waals surface area contributed by atoms with E-state index in [0.717, 1.165) is 18.4 Å². The summed E-state index contributed by atoms with van der Waals surface area (Å²) in [5, 5.41) is 12.1. The fourth-order valence-electron chi connectivity index (χ4n) is 2.33. The van der Waals surface area contributed by atoms with Gasteiger partial charge in [-0.1, -0.05) is 37.3 Å². The lowest BCUT2D eigenvalue weighted by Crippen LogP contribution is -2.44. The Hall–Kier alpha value is -1.84. The number of hydrogen-bond acceptors (Lipinski definition) is 2. The zero-order valence-corrected chi connectivity index (χ0v) is 12.0. The van der Waals surface area contributed by atoms with Crippen molar-refractivity contribution in [2.75, 3.05) is 6.54 Å². The molecule has 1 aromatic rings. The molecule has 4 heteroatoms. The maximum Gasteiger partial charge on any atom is 0.311 e. The van der Waals surface area contributed by atoms with Crippen molar-refractivity contribution < 1.29 is 14.7 Å². The molecular weight excluding hydrogens is 254 g/mol. The van der Waals surface area contributed by atoms with E-state index in [9.17, 15) is 14.7 Å². The zero-order valence-electron chi connectivity index (χ0n) is 12.0. The van der Waals surface area contributed by atoms with E-state index in [2.05, 4.69) is 5.32 Å². The first-order valence-electron chi connectivity index (χ1n) is 7.02. The largest absolute Gasteiger partial charge is 0.481 e. The quantitative estimate of drug-likeness (QED) is 0.837. The minimum atomic E-state index is -0.900. The Morgan fingerprint density at radius 2 is 1.90 bits per heavy atom. The van der Waals surface area contributed by atoms with Crippen LogP contribution < -0.4 is 5.32 Å². The Morgan fingerprint density at radius 3 is 2.35 bits per heavy atom. The summed E-state index contributed by atoms with van der Waals surface area (Å²) in [6.45, 7) is 3.66. The number of amides is 1. The number of carbonyl (C=O) groups is 2. The molecule has 20 heavy (non-hydrogen) atoms. The summed E-state index contributed by atoms with van der Waals surface area (Å²) in [6.07, 6.45) is 2.15. The van der Waals surface area contributed by atoms with Crippen LogP contribution in [0, 0.1) is 5.41 Å². The number of carboxylic acid groups (broad SMARTS) is 1. The molecule has 0 radical (unpaired) electrons. The van der Waals surface area contributed by atoms with Gasteiger partial charge in [-0.15, -0.1) is 0 Å². The molecule has 0 aliphatic heterocycles. The van der Waals surface area contributed by atoms with Gasteiger partial charge in [-0.05, 0) is 31.7 Å². The molecule has 0 heterocycles. The first-order valence-corrected chi connectivity index (χ1v) is 7.02. The fourth-order valence-corrected chi connectivity index (χ4v) is 2.33. The van der Waals surface area contributed by atoms with Gasteiger partial charge in [-0.25, -0.2) is 0 Å². The molecular formula is C16H21NO3. The molecule has 1 fully saturated rings. The number of rotatable bonds is 6. The van der Waals surface area contributed by atoms with Crippen molar-refractivity contribution in [3.8, 4) is 0 Å². The number of carboxylic acids is 1. The van der Waals surface area contributed by atoms with Gasteiger partial charge in [0, 0.05) is 6.54 Å². The smallest absolute Gasteiger partial charge is 0.311 e. The van der Waals surface area contributed by atoms with Gasteiger partial charge in [0.25, 0.3) is 0 Å². The lowest BCUT2D eigenvalue weighted by atomic mass is 9.87. The summed E-state index contributed by atoms with van der Waals surface area (Å²) in [5.41, 5.74) is -0.317. The third-order valence-corrected chi connectivity index (χ3v) is 4.45. The van der Waals surface area contributed by atoms with Crippen LogP contribution in [-0.2, 0) is 15.0 Å². The second-order valence-corrected chi connectivity index (χ2v) is 5.85. The van der Waals surface area contributed by atoms with Gasteiger partial charge in [-0.2, -0.15) is 0 Å². The predicted octanol–water partition coefficient (Wildman–Crippen LogP) is 2.34. The number of hydrogen-bond donors (Lipinski definition) is 2. The summed E-state index contributed by atoms with van der Waals surface area (Å²) in [5.74, 6) is -0.922. The summed E-state index contributed by atoms with van der Waals surface area (Å²) >= 11 is 0. The Kier molecular flexibility index (Phi) is 3.84. The third-order valence-electron chi connectivity index (χ3n) is 4.45. The second kappa shape index (κ2) is 5.27. The zero-order chi connectivity index (χ0) is 14.8.